The Balaban J connectivity index is 2.06. The minimum absolute atomic E-state index is 0.184. The van der Waals surface area contributed by atoms with Crippen LogP contribution in [0, 0.1) is 6.92 Å². The van der Waals surface area contributed by atoms with Crippen molar-refractivity contribution in [3.8, 4) is 0 Å². The summed E-state index contributed by atoms with van der Waals surface area (Å²) in [6, 6.07) is 5.54. The first-order valence-corrected chi connectivity index (χ1v) is 6.79. The molecule has 0 aliphatic carbocycles. The van der Waals surface area contributed by atoms with Crippen molar-refractivity contribution >= 4 is 16.8 Å². The number of amides is 1. The van der Waals surface area contributed by atoms with E-state index in [2.05, 4.69) is 10.3 Å². The second-order valence-corrected chi connectivity index (χ2v) is 5.07. The van der Waals surface area contributed by atoms with Crippen molar-refractivity contribution in [2.75, 3.05) is 26.2 Å². The third kappa shape index (κ3) is 2.10. The molecule has 1 amide bonds. The topological polar surface area (TPSA) is 65.2 Å². The van der Waals surface area contributed by atoms with Gasteiger partial charge in [0.25, 0.3) is 5.91 Å². The molecule has 1 aliphatic heterocycles. The SMILES string of the molecule is Cc1cccc2c(=O)c(C(=O)N3CCNCC3)c[nH]c12. The number of aromatic nitrogens is 1. The molecule has 0 unspecified atom stereocenters. The summed E-state index contributed by atoms with van der Waals surface area (Å²) in [7, 11) is 0. The molecule has 2 aromatic rings. The van der Waals surface area contributed by atoms with E-state index in [1.807, 2.05) is 19.1 Å². The van der Waals surface area contributed by atoms with E-state index in [9.17, 15) is 9.59 Å². The van der Waals surface area contributed by atoms with Crippen LogP contribution in [0.15, 0.2) is 29.2 Å². The molecule has 1 saturated heterocycles. The fourth-order valence-corrected chi connectivity index (χ4v) is 2.60. The average molecular weight is 271 g/mol. The Morgan fingerprint density at radius 1 is 1.25 bits per heavy atom. The van der Waals surface area contributed by atoms with Crippen LogP contribution in [0.1, 0.15) is 15.9 Å². The van der Waals surface area contributed by atoms with Crippen LogP contribution in [-0.2, 0) is 0 Å². The zero-order valence-corrected chi connectivity index (χ0v) is 11.4. The number of pyridine rings is 1. The van der Waals surface area contributed by atoms with Crippen molar-refractivity contribution in [1.29, 1.82) is 0 Å². The van der Waals surface area contributed by atoms with Crippen molar-refractivity contribution < 1.29 is 4.79 Å². The van der Waals surface area contributed by atoms with Gasteiger partial charge in [-0.05, 0) is 18.6 Å². The molecule has 20 heavy (non-hydrogen) atoms. The van der Waals surface area contributed by atoms with Gasteiger partial charge in [0.05, 0.1) is 5.52 Å². The highest BCUT2D eigenvalue weighted by atomic mass is 16.2. The zero-order valence-electron chi connectivity index (χ0n) is 11.4. The molecule has 0 saturated carbocycles. The van der Waals surface area contributed by atoms with Gasteiger partial charge in [0.1, 0.15) is 5.56 Å². The Kier molecular flexibility index (Phi) is 3.28. The van der Waals surface area contributed by atoms with Crippen molar-refractivity contribution in [3.63, 3.8) is 0 Å². The summed E-state index contributed by atoms with van der Waals surface area (Å²) in [6.07, 6.45) is 1.54. The number of fused-ring (bicyclic) bond motifs is 1. The molecule has 1 aromatic carbocycles. The summed E-state index contributed by atoms with van der Waals surface area (Å²) in [5.74, 6) is -0.184. The Morgan fingerprint density at radius 3 is 2.75 bits per heavy atom. The zero-order chi connectivity index (χ0) is 14.1. The molecule has 104 valence electrons. The second kappa shape index (κ2) is 5.09. The first-order valence-electron chi connectivity index (χ1n) is 6.79. The van der Waals surface area contributed by atoms with Crippen LogP contribution >= 0.6 is 0 Å². The summed E-state index contributed by atoms with van der Waals surface area (Å²) in [5.41, 5.74) is 1.84. The number of nitrogens with one attached hydrogen (secondary N) is 2. The highest BCUT2D eigenvalue weighted by molar-refractivity contribution is 5.97. The van der Waals surface area contributed by atoms with Crippen LogP contribution in [0.2, 0.25) is 0 Å². The fourth-order valence-electron chi connectivity index (χ4n) is 2.60. The number of hydrogen-bond acceptors (Lipinski definition) is 3. The van der Waals surface area contributed by atoms with Crippen molar-refractivity contribution in [2.24, 2.45) is 0 Å². The second-order valence-electron chi connectivity index (χ2n) is 5.07. The molecule has 0 radical (unpaired) electrons. The molecule has 0 spiro atoms. The van der Waals surface area contributed by atoms with Crippen molar-refractivity contribution in [3.05, 3.63) is 45.7 Å². The maximum Gasteiger partial charge on any atom is 0.259 e. The van der Waals surface area contributed by atoms with Crippen LogP contribution in [0.25, 0.3) is 10.9 Å². The summed E-state index contributed by atoms with van der Waals surface area (Å²) in [6.45, 7) is 4.77. The molecule has 1 aliphatic rings. The number of hydrogen-bond donors (Lipinski definition) is 2. The Morgan fingerprint density at radius 2 is 2.00 bits per heavy atom. The summed E-state index contributed by atoms with van der Waals surface area (Å²) in [4.78, 5) is 29.7. The van der Waals surface area contributed by atoms with Crippen LogP contribution in [0.3, 0.4) is 0 Å². The van der Waals surface area contributed by atoms with Gasteiger partial charge >= 0.3 is 0 Å². The molecular formula is C15H17N3O2. The van der Waals surface area contributed by atoms with Crippen LogP contribution in [0.5, 0.6) is 0 Å². The van der Waals surface area contributed by atoms with E-state index in [-0.39, 0.29) is 16.9 Å². The lowest BCUT2D eigenvalue weighted by molar-refractivity contribution is 0.0734. The lowest BCUT2D eigenvalue weighted by Crippen LogP contribution is -2.47. The normalized spacial score (nSPS) is 15.6. The van der Waals surface area contributed by atoms with Crippen molar-refractivity contribution in [1.82, 2.24) is 15.2 Å². The van der Waals surface area contributed by atoms with Gasteiger partial charge in [0.15, 0.2) is 0 Å². The minimum Gasteiger partial charge on any atom is -0.360 e. The van der Waals surface area contributed by atoms with Crippen LogP contribution in [-0.4, -0.2) is 42.0 Å². The van der Waals surface area contributed by atoms with Crippen LogP contribution < -0.4 is 10.7 Å². The van der Waals surface area contributed by atoms with E-state index >= 15 is 0 Å². The molecule has 2 heterocycles. The van der Waals surface area contributed by atoms with Gasteiger partial charge in [-0.2, -0.15) is 0 Å². The van der Waals surface area contributed by atoms with E-state index in [1.165, 1.54) is 0 Å². The van der Waals surface area contributed by atoms with Crippen LogP contribution in [0.4, 0.5) is 0 Å². The van der Waals surface area contributed by atoms with E-state index in [0.29, 0.717) is 18.5 Å². The molecule has 5 heteroatoms. The quantitative estimate of drug-likeness (QED) is 0.809. The summed E-state index contributed by atoms with van der Waals surface area (Å²) >= 11 is 0. The Bertz CT molecular complexity index is 715. The molecule has 0 bridgehead atoms. The smallest absolute Gasteiger partial charge is 0.259 e. The molecule has 2 N–H and O–H groups in total. The van der Waals surface area contributed by atoms with Gasteiger partial charge in [-0.15, -0.1) is 0 Å². The molecule has 1 aromatic heterocycles. The first-order chi connectivity index (χ1) is 9.68. The number of nitrogens with zero attached hydrogens (tertiary/aromatic N) is 1. The molecule has 5 nitrogen and oxygen atoms in total. The number of aromatic amines is 1. The first kappa shape index (κ1) is 12.9. The van der Waals surface area contributed by atoms with Gasteiger partial charge < -0.3 is 15.2 Å². The average Bonchev–Trinajstić information content (AvgIpc) is 2.49. The highest BCUT2D eigenvalue weighted by Gasteiger charge is 2.21. The lowest BCUT2D eigenvalue weighted by atomic mass is 10.1. The molecule has 1 fully saturated rings. The van der Waals surface area contributed by atoms with Gasteiger partial charge in [-0.3, -0.25) is 9.59 Å². The Labute approximate surface area is 116 Å². The fraction of sp³-hybridized carbons (Fsp3) is 0.333. The maximum absolute atomic E-state index is 12.5. The number of benzene rings is 1. The maximum atomic E-state index is 12.5. The number of carbonyl (C=O) groups excluding carboxylic acids is 1. The monoisotopic (exact) mass is 271 g/mol. The lowest BCUT2D eigenvalue weighted by Gasteiger charge is -2.27. The standard InChI is InChI=1S/C15H17N3O2/c1-10-3-2-4-11-13(10)17-9-12(14(11)19)15(20)18-7-5-16-6-8-18/h2-4,9,16H,5-8H2,1H3,(H,17,19). The third-order valence-electron chi connectivity index (χ3n) is 3.76. The van der Waals surface area contributed by atoms with E-state index in [4.69, 9.17) is 0 Å². The van der Waals surface area contributed by atoms with Gasteiger partial charge in [-0.25, -0.2) is 0 Å². The van der Waals surface area contributed by atoms with Crippen molar-refractivity contribution in [2.45, 2.75) is 6.92 Å². The molecule has 3 rings (SSSR count). The number of aryl methyl sites for hydroxylation is 1. The third-order valence-corrected chi connectivity index (χ3v) is 3.76. The summed E-state index contributed by atoms with van der Waals surface area (Å²) < 4.78 is 0. The number of piperazine rings is 1. The predicted octanol–water partition coefficient (Wildman–Crippen LogP) is 0.882. The van der Waals surface area contributed by atoms with E-state index in [0.717, 1.165) is 24.2 Å². The van der Waals surface area contributed by atoms with Gasteiger partial charge in [0, 0.05) is 37.8 Å². The molecule has 0 atom stereocenters. The highest BCUT2D eigenvalue weighted by Crippen LogP contribution is 2.13. The predicted molar refractivity (Wildman–Crippen MR) is 78.1 cm³/mol. The van der Waals surface area contributed by atoms with E-state index < -0.39 is 0 Å². The van der Waals surface area contributed by atoms with E-state index in [1.54, 1.807) is 17.2 Å². The Hall–Kier alpha value is -2.14. The molecular weight excluding hydrogens is 254 g/mol. The minimum atomic E-state index is -0.189. The number of carbonyl (C=O) groups is 1. The largest absolute Gasteiger partial charge is 0.360 e. The van der Waals surface area contributed by atoms with Gasteiger partial charge in [0.2, 0.25) is 5.43 Å². The number of rotatable bonds is 1. The van der Waals surface area contributed by atoms with Gasteiger partial charge in [-0.1, -0.05) is 12.1 Å². The number of H-pyrrole nitrogens is 1. The summed E-state index contributed by atoms with van der Waals surface area (Å²) in [5, 5.41) is 3.77. The number of para-hydroxylation sites is 1.